The highest BCUT2D eigenvalue weighted by Gasteiger charge is 2.45. The predicted octanol–water partition coefficient (Wildman–Crippen LogP) is -0.686. The predicted molar refractivity (Wildman–Crippen MR) is 61.9 cm³/mol. The van der Waals surface area contributed by atoms with Crippen LogP contribution in [0.3, 0.4) is 0 Å². The molecule has 0 aromatic carbocycles. The lowest BCUT2D eigenvalue weighted by Gasteiger charge is -2.31. The van der Waals surface area contributed by atoms with E-state index in [0.717, 1.165) is 19.1 Å². The largest absolute Gasteiger partial charge is 0.374 e. The van der Waals surface area contributed by atoms with Crippen LogP contribution in [0.4, 0.5) is 0 Å². The van der Waals surface area contributed by atoms with Gasteiger partial charge in [-0.25, -0.2) is 13.1 Å². The van der Waals surface area contributed by atoms with Gasteiger partial charge in [0.15, 0.2) is 0 Å². The topological polar surface area (TPSA) is 75.7 Å². The van der Waals surface area contributed by atoms with E-state index in [1.807, 2.05) is 0 Å². The molecule has 6 nitrogen and oxygen atoms in total. The van der Waals surface area contributed by atoms with E-state index in [0.29, 0.717) is 13.2 Å². The molecule has 0 aromatic rings. The maximum Gasteiger partial charge on any atom is 0.219 e. The Morgan fingerprint density at radius 1 is 1.47 bits per heavy atom. The second-order valence-electron chi connectivity index (χ2n) is 4.71. The highest BCUT2D eigenvalue weighted by molar-refractivity contribution is 7.88. The fourth-order valence-corrected chi connectivity index (χ4v) is 3.46. The molecule has 1 amide bonds. The molecule has 7 heteroatoms. The number of hydrogen-bond acceptors (Lipinski definition) is 4. The summed E-state index contributed by atoms with van der Waals surface area (Å²) in [7, 11) is -3.28. The van der Waals surface area contributed by atoms with Crippen molar-refractivity contribution in [2.45, 2.75) is 38.0 Å². The molecule has 2 saturated heterocycles. The summed E-state index contributed by atoms with van der Waals surface area (Å²) in [5, 5.41) is 0. The minimum absolute atomic E-state index is 0.0144. The fraction of sp³-hybridized carbons (Fsp3) is 0.900. The molecule has 0 saturated carbocycles. The van der Waals surface area contributed by atoms with Crippen molar-refractivity contribution in [1.29, 1.82) is 0 Å². The van der Waals surface area contributed by atoms with Gasteiger partial charge in [0.05, 0.1) is 24.4 Å². The van der Waals surface area contributed by atoms with Crippen LogP contribution in [0.25, 0.3) is 0 Å². The molecule has 1 N–H and O–H groups in total. The van der Waals surface area contributed by atoms with E-state index in [9.17, 15) is 13.2 Å². The number of likely N-dealkylation sites (tertiary alicyclic amines) is 1. The molecule has 0 unspecified atom stereocenters. The Hall–Kier alpha value is -0.660. The molecule has 0 radical (unpaired) electrons. The number of nitrogens with one attached hydrogen (secondary N) is 1. The molecule has 2 aliphatic rings. The van der Waals surface area contributed by atoms with Gasteiger partial charge in [-0.2, -0.15) is 0 Å². The van der Waals surface area contributed by atoms with E-state index >= 15 is 0 Å². The summed E-state index contributed by atoms with van der Waals surface area (Å²) in [6.45, 7) is 2.54. The number of carbonyl (C=O) groups excluding carboxylic acids is 1. The van der Waals surface area contributed by atoms with Crippen LogP contribution in [-0.2, 0) is 19.6 Å². The highest BCUT2D eigenvalue weighted by atomic mass is 32.2. The first-order valence-corrected chi connectivity index (χ1v) is 7.64. The minimum Gasteiger partial charge on any atom is -0.374 e. The average molecular weight is 262 g/mol. The molecule has 3 atom stereocenters. The summed E-state index contributed by atoms with van der Waals surface area (Å²) in [5.74, 6) is -0.0247. The summed E-state index contributed by atoms with van der Waals surface area (Å²) in [6.07, 6.45) is 2.71. The van der Waals surface area contributed by atoms with Crippen LogP contribution in [0.15, 0.2) is 0 Å². The van der Waals surface area contributed by atoms with Crippen LogP contribution in [0.1, 0.15) is 19.8 Å². The lowest BCUT2D eigenvalue weighted by atomic mass is 10.0. The lowest BCUT2D eigenvalue weighted by Crippen LogP contribution is -2.47. The zero-order valence-electron chi connectivity index (χ0n) is 10.0. The number of amides is 1. The van der Waals surface area contributed by atoms with Crippen LogP contribution in [0, 0.1) is 0 Å². The Balaban J connectivity index is 2.16. The van der Waals surface area contributed by atoms with Gasteiger partial charge >= 0.3 is 0 Å². The summed E-state index contributed by atoms with van der Waals surface area (Å²) in [6, 6.07) is -0.306. The van der Waals surface area contributed by atoms with Gasteiger partial charge in [-0.3, -0.25) is 4.79 Å². The molecule has 98 valence electrons. The lowest BCUT2D eigenvalue weighted by molar-refractivity contribution is -0.132. The van der Waals surface area contributed by atoms with Crippen LogP contribution < -0.4 is 4.72 Å². The zero-order chi connectivity index (χ0) is 12.6. The van der Waals surface area contributed by atoms with E-state index in [1.54, 1.807) is 4.90 Å². The number of carbonyl (C=O) groups is 1. The third-order valence-electron chi connectivity index (χ3n) is 3.29. The van der Waals surface area contributed by atoms with Gasteiger partial charge in [-0.05, 0) is 12.8 Å². The van der Waals surface area contributed by atoms with Crippen molar-refractivity contribution < 1.29 is 17.9 Å². The average Bonchev–Trinajstić information content (AvgIpc) is 2.55. The number of ether oxygens (including phenoxy) is 1. The van der Waals surface area contributed by atoms with Crippen molar-refractivity contribution in [1.82, 2.24) is 9.62 Å². The Morgan fingerprint density at radius 3 is 2.76 bits per heavy atom. The summed E-state index contributed by atoms with van der Waals surface area (Å²) >= 11 is 0. The number of nitrogens with zero attached hydrogens (tertiary/aromatic N) is 1. The highest BCUT2D eigenvalue weighted by Crippen LogP contribution is 2.29. The molecule has 0 aromatic heterocycles. The number of rotatable bonds is 2. The monoisotopic (exact) mass is 262 g/mol. The van der Waals surface area contributed by atoms with Crippen molar-refractivity contribution in [2.75, 3.05) is 19.4 Å². The molecule has 2 fully saturated rings. The number of sulfonamides is 1. The summed E-state index contributed by atoms with van der Waals surface area (Å²) in [4.78, 5) is 13.2. The van der Waals surface area contributed by atoms with Crippen molar-refractivity contribution in [3.8, 4) is 0 Å². The van der Waals surface area contributed by atoms with Crippen LogP contribution >= 0.6 is 0 Å². The molecule has 2 rings (SSSR count). The van der Waals surface area contributed by atoms with E-state index in [-0.39, 0.29) is 24.1 Å². The first kappa shape index (κ1) is 12.8. The quantitative estimate of drug-likeness (QED) is 0.715. The second kappa shape index (κ2) is 4.55. The van der Waals surface area contributed by atoms with Gasteiger partial charge in [-0.1, -0.05) is 0 Å². The van der Waals surface area contributed by atoms with E-state index in [2.05, 4.69) is 4.72 Å². The van der Waals surface area contributed by atoms with Crippen LogP contribution in [-0.4, -0.2) is 56.8 Å². The Kier molecular flexibility index (Phi) is 3.42. The van der Waals surface area contributed by atoms with Crippen molar-refractivity contribution in [3.63, 3.8) is 0 Å². The van der Waals surface area contributed by atoms with E-state index in [1.165, 1.54) is 6.92 Å². The first-order chi connectivity index (χ1) is 7.88. The first-order valence-electron chi connectivity index (χ1n) is 5.74. The fourth-order valence-electron chi connectivity index (χ4n) is 2.70. The minimum atomic E-state index is -3.28. The Labute approximate surface area is 101 Å². The Morgan fingerprint density at radius 2 is 2.18 bits per heavy atom. The van der Waals surface area contributed by atoms with Gasteiger partial charge < -0.3 is 9.64 Å². The van der Waals surface area contributed by atoms with Gasteiger partial charge in [0.25, 0.3) is 0 Å². The second-order valence-corrected chi connectivity index (χ2v) is 6.49. The smallest absolute Gasteiger partial charge is 0.219 e. The van der Waals surface area contributed by atoms with Gasteiger partial charge in [0.1, 0.15) is 0 Å². The summed E-state index contributed by atoms with van der Waals surface area (Å²) in [5.41, 5.74) is 0. The summed E-state index contributed by atoms with van der Waals surface area (Å²) < 4.78 is 30.7. The van der Waals surface area contributed by atoms with Crippen LogP contribution in [0.2, 0.25) is 0 Å². The molecule has 2 heterocycles. The molecule has 0 aliphatic carbocycles. The van der Waals surface area contributed by atoms with Gasteiger partial charge in [0.2, 0.25) is 15.9 Å². The van der Waals surface area contributed by atoms with E-state index in [4.69, 9.17) is 4.74 Å². The van der Waals surface area contributed by atoms with Crippen molar-refractivity contribution >= 4 is 15.9 Å². The molecule has 0 bridgehead atoms. The van der Waals surface area contributed by atoms with Crippen LogP contribution in [0.5, 0.6) is 0 Å². The molecule has 17 heavy (non-hydrogen) atoms. The maximum absolute atomic E-state index is 11.5. The van der Waals surface area contributed by atoms with Gasteiger partial charge in [0, 0.05) is 20.1 Å². The molecular formula is C10H18N2O4S. The SMILES string of the molecule is CC(=O)N1C[C@@H](NS(C)(=O)=O)[C@H]2OCCC[C@H]21. The number of hydrogen-bond donors (Lipinski definition) is 1. The van der Waals surface area contributed by atoms with E-state index < -0.39 is 10.0 Å². The van der Waals surface area contributed by atoms with Crippen molar-refractivity contribution in [2.24, 2.45) is 0 Å². The molecule has 0 spiro atoms. The number of fused-ring (bicyclic) bond motifs is 1. The standard InChI is InChI=1S/C10H18N2O4S/c1-7(13)12-6-8(11-17(2,14)15)10-9(12)4-3-5-16-10/h8-11H,3-6H2,1-2H3/t8-,9-,10-/m1/s1. The zero-order valence-corrected chi connectivity index (χ0v) is 10.9. The third-order valence-corrected chi connectivity index (χ3v) is 4.02. The molecule has 2 aliphatic heterocycles. The maximum atomic E-state index is 11.5. The molecular weight excluding hydrogens is 244 g/mol. The van der Waals surface area contributed by atoms with Crippen molar-refractivity contribution in [3.05, 3.63) is 0 Å². The third kappa shape index (κ3) is 2.78. The normalized spacial score (nSPS) is 33.5. The van der Waals surface area contributed by atoms with Gasteiger partial charge in [-0.15, -0.1) is 0 Å². The Bertz CT molecular complexity index is 409.